The van der Waals surface area contributed by atoms with Crippen LogP contribution in [0.15, 0.2) is 12.7 Å². The van der Waals surface area contributed by atoms with E-state index < -0.39 is 38.9 Å². The van der Waals surface area contributed by atoms with Crippen LogP contribution in [0.4, 0.5) is 5.82 Å². The highest BCUT2D eigenvalue weighted by molar-refractivity contribution is 7.50. The predicted octanol–water partition coefficient (Wildman–Crippen LogP) is -1.90. The zero-order valence-electron chi connectivity index (χ0n) is 11.6. The lowest BCUT2D eigenvalue weighted by Gasteiger charge is -2.16. The van der Waals surface area contributed by atoms with Gasteiger partial charge in [0.25, 0.3) is 0 Å². The van der Waals surface area contributed by atoms with Crippen molar-refractivity contribution in [3.05, 3.63) is 12.7 Å². The number of aliphatic hydroxyl groups is 2. The van der Waals surface area contributed by atoms with E-state index in [1.165, 1.54) is 17.2 Å². The Kier molecular flexibility index (Phi) is 4.06. The summed E-state index contributed by atoms with van der Waals surface area (Å²) in [5, 5.41) is 20.1. The number of fused-ring (bicyclic) bond motifs is 1. The van der Waals surface area contributed by atoms with Crippen molar-refractivity contribution < 1.29 is 28.9 Å². The normalized spacial score (nSPS) is 30.6. The van der Waals surface area contributed by atoms with Gasteiger partial charge in [0.05, 0.1) is 12.9 Å². The molecule has 0 bridgehead atoms. The summed E-state index contributed by atoms with van der Waals surface area (Å²) in [4.78, 5) is 20.8. The number of imidazole rings is 1. The molecule has 0 radical (unpaired) electrons. The minimum Gasteiger partial charge on any atom is -0.387 e. The van der Waals surface area contributed by atoms with E-state index in [1.54, 1.807) is 0 Å². The second-order valence-corrected chi connectivity index (χ2v) is 6.38. The molecule has 1 aliphatic heterocycles. The van der Waals surface area contributed by atoms with Gasteiger partial charge >= 0.3 is 7.75 Å². The molecule has 5 atom stereocenters. The van der Waals surface area contributed by atoms with Crippen LogP contribution >= 0.6 is 7.75 Å². The molecule has 1 unspecified atom stereocenters. The molecule has 3 rings (SSSR count). The molecule has 23 heavy (non-hydrogen) atoms. The first kappa shape index (κ1) is 16.2. The predicted molar refractivity (Wildman–Crippen MR) is 75.6 cm³/mol. The summed E-state index contributed by atoms with van der Waals surface area (Å²) in [5.41, 5.74) is 11.2. The average Bonchev–Trinajstić information content (AvgIpc) is 3.01. The van der Waals surface area contributed by atoms with Crippen LogP contribution in [0, 0.1) is 0 Å². The lowest BCUT2D eigenvalue weighted by Crippen LogP contribution is -2.33. The van der Waals surface area contributed by atoms with E-state index in [-0.39, 0.29) is 5.82 Å². The second kappa shape index (κ2) is 5.76. The average molecular weight is 346 g/mol. The van der Waals surface area contributed by atoms with Gasteiger partial charge in [0, 0.05) is 0 Å². The lowest BCUT2D eigenvalue weighted by atomic mass is 10.1. The van der Waals surface area contributed by atoms with Crippen LogP contribution in [0.2, 0.25) is 0 Å². The lowest BCUT2D eigenvalue weighted by molar-refractivity contribution is -0.0484. The molecule has 0 spiro atoms. The molecule has 2 aromatic rings. The fourth-order valence-corrected chi connectivity index (χ4v) is 2.69. The number of ether oxygens (including phenoxy) is 1. The molecule has 0 aromatic carbocycles. The van der Waals surface area contributed by atoms with Gasteiger partial charge in [-0.3, -0.25) is 9.09 Å². The fourth-order valence-electron chi connectivity index (χ4n) is 2.33. The van der Waals surface area contributed by atoms with Gasteiger partial charge in [-0.15, -0.1) is 0 Å². The van der Waals surface area contributed by atoms with E-state index in [1.807, 2.05) is 0 Å². The monoisotopic (exact) mass is 346 g/mol. The van der Waals surface area contributed by atoms with E-state index in [9.17, 15) is 14.8 Å². The van der Waals surface area contributed by atoms with Gasteiger partial charge in [-0.2, -0.15) is 0 Å². The van der Waals surface area contributed by atoms with Crippen molar-refractivity contribution in [1.82, 2.24) is 19.5 Å². The number of nitrogens with two attached hydrogens (primary N) is 2. The molecule has 12 nitrogen and oxygen atoms in total. The van der Waals surface area contributed by atoms with Gasteiger partial charge in [0.1, 0.15) is 30.2 Å². The summed E-state index contributed by atoms with van der Waals surface area (Å²) in [6.45, 7) is -0.469. The van der Waals surface area contributed by atoms with Crippen LogP contribution in [0.5, 0.6) is 0 Å². The van der Waals surface area contributed by atoms with Crippen molar-refractivity contribution in [3.63, 3.8) is 0 Å². The Morgan fingerprint density at radius 2 is 2.09 bits per heavy atom. The minimum absolute atomic E-state index is 0.158. The van der Waals surface area contributed by atoms with Crippen LogP contribution in [0.3, 0.4) is 0 Å². The first-order chi connectivity index (χ1) is 10.8. The van der Waals surface area contributed by atoms with Crippen LogP contribution < -0.4 is 11.2 Å². The summed E-state index contributed by atoms with van der Waals surface area (Å²) >= 11 is 0. The van der Waals surface area contributed by atoms with Crippen molar-refractivity contribution in [2.45, 2.75) is 24.5 Å². The Hall–Kier alpha value is -1.66. The number of aromatic nitrogens is 4. The minimum atomic E-state index is -4.22. The standard InChI is InChI=1S/C10H15N6O6P/c11-8-5-9(14-2-13-8)16(3-15-5)10-7(18)6(17)4(22-10)1-21-23(12,19)20/h2-4,6-7,10,17-18H,1H2,(H2,11,13,14)(H3,12,19,20)/t4-,6-,7-,10-/m1/s1. The van der Waals surface area contributed by atoms with Gasteiger partial charge < -0.3 is 25.6 Å². The molecule has 0 amide bonds. The van der Waals surface area contributed by atoms with Crippen molar-refractivity contribution in [3.8, 4) is 0 Å². The maximum atomic E-state index is 10.9. The zero-order chi connectivity index (χ0) is 16.8. The summed E-state index contributed by atoms with van der Waals surface area (Å²) in [5.74, 6) is 0.158. The van der Waals surface area contributed by atoms with Crippen molar-refractivity contribution >= 4 is 24.7 Å². The number of aliphatic hydroxyl groups excluding tert-OH is 2. The molecule has 0 aliphatic carbocycles. The van der Waals surface area contributed by atoms with E-state index in [0.29, 0.717) is 11.2 Å². The van der Waals surface area contributed by atoms with Gasteiger partial charge in [-0.05, 0) is 0 Å². The van der Waals surface area contributed by atoms with Crippen molar-refractivity contribution in [2.24, 2.45) is 5.50 Å². The number of nitrogen functional groups attached to an aromatic ring is 1. The molecule has 1 aliphatic rings. The molecule has 3 heterocycles. The van der Waals surface area contributed by atoms with E-state index in [4.69, 9.17) is 20.9 Å². The van der Waals surface area contributed by atoms with Crippen LogP contribution in [-0.2, 0) is 13.8 Å². The molecule has 13 heteroatoms. The Labute approximate surface area is 129 Å². The third-order valence-corrected chi connectivity index (χ3v) is 3.94. The Morgan fingerprint density at radius 3 is 2.78 bits per heavy atom. The maximum Gasteiger partial charge on any atom is 0.400 e. The fraction of sp³-hybridized carbons (Fsp3) is 0.500. The summed E-state index contributed by atoms with van der Waals surface area (Å²) in [7, 11) is -4.22. The van der Waals surface area contributed by atoms with Crippen LogP contribution in [0.25, 0.3) is 11.2 Å². The van der Waals surface area contributed by atoms with Crippen molar-refractivity contribution in [2.75, 3.05) is 12.3 Å². The summed E-state index contributed by atoms with van der Waals surface area (Å²) in [6.07, 6.45) is -2.23. The molecule has 7 N–H and O–H groups in total. The number of rotatable bonds is 4. The smallest absolute Gasteiger partial charge is 0.387 e. The Bertz CT molecular complexity index is 763. The first-order valence-corrected chi connectivity index (χ1v) is 8.13. The summed E-state index contributed by atoms with van der Waals surface area (Å²) in [6, 6.07) is 0. The van der Waals surface area contributed by atoms with Crippen LogP contribution in [-0.4, -0.2) is 59.5 Å². The third-order valence-electron chi connectivity index (χ3n) is 3.42. The number of hydrogen-bond donors (Lipinski definition) is 5. The SMILES string of the molecule is Nc1ncnc2c1ncn2[C@@H]1O[C@H](COP(N)(=O)O)[C@@H](O)[C@H]1O. The van der Waals surface area contributed by atoms with Crippen molar-refractivity contribution in [1.29, 1.82) is 0 Å². The van der Waals surface area contributed by atoms with Crippen LogP contribution in [0.1, 0.15) is 6.23 Å². The molecule has 0 saturated carbocycles. The summed E-state index contributed by atoms with van der Waals surface area (Å²) < 4.78 is 22.3. The first-order valence-electron chi connectivity index (χ1n) is 6.48. The van der Waals surface area contributed by atoms with E-state index in [0.717, 1.165) is 0 Å². The molecule has 1 fully saturated rings. The quantitative estimate of drug-likeness (QED) is 0.388. The number of nitrogens with zero attached hydrogens (tertiary/aromatic N) is 4. The Morgan fingerprint density at radius 1 is 1.35 bits per heavy atom. The molecular formula is C10H15N6O6P. The Balaban J connectivity index is 1.85. The largest absolute Gasteiger partial charge is 0.400 e. The third kappa shape index (κ3) is 3.05. The molecule has 1 saturated heterocycles. The number of hydrogen-bond acceptors (Lipinski definition) is 9. The van der Waals surface area contributed by atoms with Gasteiger partial charge in [-0.25, -0.2) is 25.0 Å². The number of anilines is 1. The zero-order valence-corrected chi connectivity index (χ0v) is 12.5. The van der Waals surface area contributed by atoms with E-state index in [2.05, 4.69) is 19.5 Å². The highest BCUT2D eigenvalue weighted by atomic mass is 31.2. The second-order valence-electron chi connectivity index (χ2n) is 4.99. The van der Waals surface area contributed by atoms with Gasteiger partial charge in [-0.1, -0.05) is 0 Å². The van der Waals surface area contributed by atoms with Gasteiger partial charge in [0.15, 0.2) is 17.7 Å². The molecular weight excluding hydrogens is 331 g/mol. The topological polar surface area (TPSA) is 192 Å². The van der Waals surface area contributed by atoms with E-state index >= 15 is 0 Å². The molecule has 126 valence electrons. The highest BCUT2D eigenvalue weighted by Crippen LogP contribution is 2.36. The van der Waals surface area contributed by atoms with Gasteiger partial charge in [0.2, 0.25) is 0 Å². The maximum absolute atomic E-state index is 10.9. The molecule has 2 aromatic heterocycles. The highest BCUT2D eigenvalue weighted by Gasteiger charge is 2.45.